The zero-order valence-electron chi connectivity index (χ0n) is 9.31. The number of carboxylic acids is 1. The molecule has 92 valence electrons. The summed E-state index contributed by atoms with van der Waals surface area (Å²) in [5.74, 6) is -2.35. The van der Waals surface area contributed by atoms with E-state index in [0.717, 1.165) is 12.3 Å². The second-order valence-corrected chi connectivity index (χ2v) is 3.52. The number of pyridine rings is 1. The Kier molecular flexibility index (Phi) is 4.56. The molecule has 17 heavy (non-hydrogen) atoms. The average Bonchev–Trinajstić information content (AvgIpc) is 2.29. The van der Waals surface area contributed by atoms with Crippen LogP contribution in [0.3, 0.4) is 0 Å². The molecule has 1 atom stereocenters. The monoisotopic (exact) mass is 240 g/mol. The maximum absolute atomic E-state index is 12.5. The number of aromatic nitrogens is 1. The molecule has 0 aromatic carbocycles. The molecule has 0 radical (unpaired) electrons. The van der Waals surface area contributed by atoms with Crippen LogP contribution in [0.15, 0.2) is 18.3 Å². The number of carbonyl (C=O) groups is 2. The van der Waals surface area contributed by atoms with Crippen molar-refractivity contribution in [2.24, 2.45) is 0 Å². The Morgan fingerprint density at radius 1 is 1.53 bits per heavy atom. The van der Waals surface area contributed by atoms with Gasteiger partial charge in [-0.2, -0.15) is 4.39 Å². The highest BCUT2D eigenvalue weighted by Gasteiger charge is 2.19. The minimum atomic E-state index is -1.09. The van der Waals surface area contributed by atoms with Crippen LogP contribution in [0, 0.1) is 5.95 Å². The smallest absolute Gasteiger partial charge is 0.326 e. The quantitative estimate of drug-likeness (QED) is 0.758. The van der Waals surface area contributed by atoms with Crippen molar-refractivity contribution in [1.82, 2.24) is 10.3 Å². The molecule has 0 spiro atoms. The Morgan fingerprint density at radius 2 is 2.24 bits per heavy atom. The van der Waals surface area contributed by atoms with Crippen LogP contribution in [0.25, 0.3) is 0 Å². The third-order valence-electron chi connectivity index (χ3n) is 2.17. The summed E-state index contributed by atoms with van der Waals surface area (Å²) in [6.45, 7) is 1.82. The van der Waals surface area contributed by atoms with Crippen LogP contribution in [0.4, 0.5) is 4.39 Å². The standard InChI is InChI=1S/C11H13FN2O3/c1-2-3-8(11(16)17)14-10(15)7-4-5-9(12)13-6-7/h4-6,8H,2-3H2,1H3,(H,14,15)(H,16,17). The lowest BCUT2D eigenvalue weighted by Gasteiger charge is -2.13. The fraction of sp³-hybridized carbons (Fsp3) is 0.364. The summed E-state index contributed by atoms with van der Waals surface area (Å²) in [5, 5.41) is 11.2. The van der Waals surface area contributed by atoms with Gasteiger partial charge in [0.1, 0.15) is 6.04 Å². The molecule has 1 heterocycles. The van der Waals surface area contributed by atoms with E-state index in [1.165, 1.54) is 6.07 Å². The van der Waals surface area contributed by atoms with Gasteiger partial charge in [-0.3, -0.25) is 4.79 Å². The number of halogens is 1. The van der Waals surface area contributed by atoms with Crippen molar-refractivity contribution in [1.29, 1.82) is 0 Å². The number of nitrogens with one attached hydrogen (secondary N) is 1. The molecule has 1 amide bonds. The molecule has 1 unspecified atom stereocenters. The number of rotatable bonds is 5. The van der Waals surface area contributed by atoms with Gasteiger partial charge in [-0.1, -0.05) is 13.3 Å². The molecular weight excluding hydrogens is 227 g/mol. The van der Waals surface area contributed by atoms with E-state index in [9.17, 15) is 14.0 Å². The van der Waals surface area contributed by atoms with Crippen molar-refractivity contribution in [2.45, 2.75) is 25.8 Å². The minimum Gasteiger partial charge on any atom is -0.480 e. The summed E-state index contributed by atoms with van der Waals surface area (Å²) in [5.41, 5.74) is 0.133. The van der Waals surface area contributed by atoms with Crippen molar-refractivity contribution in [3.63, 3.8) is 0 Å². The van der Waals surface area contributed by atoms with Crippen LogP contribution in [0.5, 0.6) is 0 Å². The maximum atomic E-state index is 12.5. The number of amides is 1. The predicted molar refractivity (Wildman–Crippen MR) is 58.0 cm³/mol. The average molecular weight is 240 g/mol. The maximum Gasteiger partial charge on any atom is 0.326 e. The van der Waals surface area contributed by atoms with Crippen LogP contribution in [0.1, 0.15) is 30.1 Å². The van der Waals surface area contributed by atoms with E-state index in [2.05, 4.69) is 10.3 Å². The van der Waals surface area contributed by atoms with Crippen LogP contribution >= 0.6 is 0 Å². The minimum absolute atomic E-state index is 0.133. The first-order valence-corrected chi connectivity index (χ1v) is 5.19. The van der Waals surface area contributed by atoms with E-state index in [1.807, 2.05) is 6.92 Å². The lowest BCUT2D eigenvalue weighted by atomic mass is 10.1. The van der Waals surface area contributed by atoms with Gasteiger partial charge in [-0.05, 0) is 18.6 Å². The van der Waals surface area contributed by atoms with Crippen LogP contribution in [-0.4, -0.2) is 28.0 Å². The molecule has 0 aliphatic rings. The topological polar surface area (TPSA) is 79.3 Å². The van der Waals surface area contributed by atoms with Crippen molar-refractivity contribution in [2.75, 3.05) is 0 Å². The highest BCUT2D eigenvalue weighted by molar-refractivity contribution is 5.96. The zero-order valence-corrected chi connectivity index (χ0v) is 9.31. The molecule has 0 fully saturated rings. The molecular formula is C11H13FN2O3. The molecule has 6 heteroatoms. The van der Waals surface area contributed by atoms with Gasteiger partial charge >= 0.3 is 5.97 Å². The van der Waals surface area contributed by atoms with E-state index < -0.39 is 23.9 Å². The Balaban J connectivity index is 2.70. The van der Waals surface area contributed by atoms with Gasteiger partial charge in [0.25, 0.3) is 5.91 Å². The first-order valence-electron chi connectivity index (χ1n) is 5.19. The third kappa shape index (κ3) is 3.82. The molecule has 1 aromatic heterocycles. The van der Waals surface area contributed by atoms with Gasteiger partial charge in [-0.15, -0.1) is 0 Å². The molecule has 1 rings (SSSR count). The van der Waals surface area contributed by atoms with Crippen LogP contribution < -0.4 is 5.32 Å². The highest BCUT2D eigenvalue weighted by Crippen LogP contribution is 2.02. The normalized spacial score (nSPS) is 11.9. The zero-order chi connectivity index (χ0) is 12.8. The Bertz CT molecular complexity index is 406. The molecule has 0 saturated heterocycles. The largest absolute Gasteiger partial charge is 0.480 e. The van der Waals surface area contributed by atoms with E-state index in [-0.39, 0.29) is 5.56 Å². The second kappa shape index (κ2) is 5.93. The van der Waals surface area contributed by atoms with E-state index in [1.54, 1.807) is 0 Å². The lowest BCUT2D eigenvalue weighted by molar-refractivity contribution is -0.139. The van der Waals surface area contributed by atoms with Gasteiger partial charge in [0.2, 0.25) is 5.95 Å². The van der Waals surface area contributed by atoms with Crippen molar-refractivity contribution >= 4 is 11.9 Å². The summed E-state index contributed by atoms with van der Waals surface area (Å²) in [7, 11) is 0. The Hall–Kier alpha value is -1.98. The summed E-state index contributed by atoms with van der Waals surface area (Å²) >= 11 is 0. The Labute approximate surface area is 97.7 Å². The molecule has 5 nitrogen and oxygen atoms in total. The van der Waals surface area contributed by atoms with Crippen LogP contribution in [0.2, 0.25) is 0 Å². The van der Waals surface area contributed by atoms with Crippen molar-refractivity contribution in [3.05, 3.63) is 29.8 Å². The number of hydrogen-bond donors (Lipinski definition) is 2. The number of carbonyl (C=O) groups excluding carboxylic acids is 1. The van der Waals surface area contributed by atoms with Crippen molar-refractivity contribution in [3.8, 4) is 0 Å². The fourth-order valence-corrected chi connectivity index (χ4v) is 1.30. The van der Waals surface area contributed by atoms with Gasteiger partial charge in [-0.25, -0.2) is 9.78 Å². The Morgan fingerprint density at radius 3 is 2.71 bits per heavy atom. The SMILES string of the molecule is CCCC(NC(=O)c1ccc(F)nc1)C(=O)O. The molecule has 0 aliphatic heterocycles. The fourth-order valence-electron chi connectivity index (χ4n) is 1.30. The number of nitrogens with zero attached hydrogens (tertiary/aromatic N) is 1. The summed E-state index contributed by atoms with van der Waals surface area (Å²) < 4.78 is 12.5. The highest BCUT2D eigenvalue weighted by atomic mass is 19.1. The molecule has 2 N–H and O–H groups in total. The summed E-state index contributed by atoms with van der Waals surface area (Å²) in [6, 6.07) is 1.37. The van der Waals surface area contributed by atoms with Crippen LogP contribution in [-0.2, 0) is 4.79 Å². The van der Waals surface area contributed by atoms with Gasteiger partial charge in [0.05, 0.1) is 5.56 Å². The van der Waals surface area contributed by atoms with Gasteiger partial charge in [0.15, 0.2) is 0 Å². The van der Waals surface area contributed by atoms with E-state index in [4.69, 9.17) is 5.11 Å². The first-order chi connectivity index (χ1) is 8.04. The number of carboxylic acid groups (broad SMARTS) is 1. The summed E-state index contributed by atoms with van der Waals surface area (Å²) in [4.78, 5) is 25.8. The second-order valence-electron chi connectivity index (χ2n) is 3.52. The molecule has 1 aromatic rings. The van der Waals surface area contributed by atoms with Gasteiger partial charge < -0.3 is 10.4 Å². The van der Waals surface area contributed by atoms with E-state index in [0.29, 0.717) is 12.8 Å². The lowest BCUT2D eigenvalue weighted by Crippen LogP contribution is -2.40. The molecule has 0 aliphatic carbocycles. The predicted octanol–water partition coefficient (Wildman–Crippen LogP) is 1.20. The number of hydrogen-bond acceptors (Lipinski definition) is 3. The molecule has 0 saturated carbocycles. The molecule has 0 bridgehead atoms. The van der Waals surface area contributed by atoms with E-state index >= 15 is 0 Å². The third-order valence-corrected chi connectivity index (χ3v) is 2.17. The number of aliphatic carboxylic acids is 1. The summed E-state index contributed by atoms with van der Waals surface area (Å²) in [6.07, 6.45) is 2.05. The van der Waals surface area contributed by atoms with Gasteiger partial charge in [0, 0.05) is 6.20 Å². The first kappa shape index (κ1) is 13.1. The van der Waals surface area contributed by atoms with Crippen molar-refractivity contribution < 1.29 is 19.1 Å².